The lowest BCUT2D eigenvalue weighted by Gasteiger charge is -2.31. The van der Waals surface area contributed by atoms with Crippen molar-refractivity contribution < 1.29 is 32.2 Å². The number of carbonyl (C=O) groups is 1. The van der Waals surface area contributed by atoms with Crippen LogP contribution < -0.4 is 4.74 Å². The van der Waals surface area contributed by atoms with Crippen LogP contribution >= 0.6 is 0 Å². The van der Waals surface area contributed by atoms with Gasteiger partial charge >= 0.3 is 5.97 Å². The van der Waals surface area contributed by atoms with Crippen LogP contribution in [0, 0.1) is 29.3 Å². The quantitative estimate of drug-likeness (QED) is 0.308. The summed E-state index contributed by atoms with van der Waals surface area (Å²) in [5, 5.41) is 0. The first-order valence-corrected chi connectivity index (χ1v) is 11.1. The summed E-state index contributed by atoms with van der Waals surface area (Å²) in [5.74, 6) is -4.95. The summed E-state index contributed by atoms with van der Waals surface area (Å²) in [6, 6.07) is 1.38. The molecule has 2 saturated carbocycles. The molecule has 4 nitrogen and oxygen atoms in total. The van der Waals surface area contributed by atoms with Gasteiger partial charge in [0.05, 0.1) is 18.1 Å². The van der Waals surface area contributed by atoms with Crippen molar-refractivity contribution in [2.24, 2.45) is 11.8 Å². The van der Waals surface area contributed by atoms with Gasteiger partial charge in [-0.1, -0.05) is 6.92 Å². The molecule has 0 bridgehead atoms. The summed E-state index contributed by atoms with van der Waals surface area (Å²) in [6.45, 7) is 3.70. The van der Waals surface area contributed by atoms with Crippen molar-refractivity contribution in [3.63, 3.8) is 0 Å². The Morgan fingerprint density at radius 1 is 0.900 bits per heavy atom. The van der Waals surface area contributed by atoms with E-state index in [-0.39, 0.29) is 17.8 Å². The summed E-state index contributed by atoms with van der Waals surface area (Å²) in [5.41, 5.74) is 0. The van der Waals surface area contributed by atoms with Gasteiger partial charge in [-0.25, -0.2) is 13.2 Å². The van der Waals surface area contributed by atoms with Crippen LogP contribution in [0.3, 0.4) is 0 Å². The maximum atomic E-state index is 13.3. The van der Waals surface area contributed by atoms with Gasteiger partial charge in [0.1, 0.15) is 5.75 Å². The topological polar surface area (TPSA) is 44.8 Å². The standard InChI is InChI=1S/C23H31F3O4/c1-2-11-28-17-7-3-15(4-8-17)14-29-18-9-5-16(6-10-18)23(27)30-19-12-20(24)22(26)21(25)13-19/h12-13,15-18H,2-11,14H2,1H3/t15-,16-,17-,18-. The molecular formula is C23H31F3O4. The number of hydrogen-bond donors (Lipinski definition) is 0. The van der Waals surface area contributed by atoms with E-state index in [1.54, 1.807) is 0 Å². The SMILES string of the molecule is CCCO[C@H]1CC[C@H](CO[C@H]2CC[C@H](C(=O)Oc3cc(F)c(F)c(F)c3)CC2)CC1. The Morgan fingerprint density at radius 2 is 1.47 bits per heavy atom. The molecule has 2 aliphatic rings. The lowest BCUT2D eigenvalue weighted by atomic mass is 9.86. The average Bonchev–Trinajstić information content (AvgIpc) is 2.75. The molecule has 0 atom stereocenters. The minimum absolute atomic E-state index is 0.129. The van der Waals surface area contributed by atoms with Gasteiger partial charge < -0.3 is 14.2 Å². The number of hydrogen-bond acceptors (Lipinski definition) is 4. The molecule has 0 spiro atoms. The third kappa shape index (κ3) is 6.45. The Hall–Kier alpha value is -1.60. The van der Waals surface area contributed by atoms with Crippen molar-refractivity contribution in [1.29, 1.82) is 0 Å². The highest BCUT2D eigenvalue weighted by atomic mass is 19.2. The molecule has 0 saturated heterocycles. The average molecular weight is 428 g/mol. The molecule has 0 heterocycles. The molecule has 2 aliphatic carbocycles. The number of carbonyl (C=O) groups excluding carboxylic acids is 1. The molecule has 2 fully saturated rings. The molecule has 0 N–H and O–H groups in total. The van der Waals surface area contributed by atoms with Gasteiger partial charge in [-0.2, -0.15) is 0 Å². The minimum atomic E-state index is -1.57. The van der Waals surface area contributed by atoms with E-state index in [1.165, 1.54) is 0 Å². The van der Waals surface area contributed by atoms with E-state index in [1.807, 2.05) is 0 Å². The highest BCUT2D eigenvalue weighted by Crippen LogP contribution is 2.31. The smallest absolute Gasteiger partial charge is 0.314 e. The lowest BCUT2D eigenvalue weighted by Crippen LogP contribution is -2.31. The van der Waals surface area contributed by atoms with Crippen LogP contribution in [0.25, 0.3) is 0 Å². The van der Waals surface area contributed by atoms with Crippen LogP contribution in [-0.2, 0) is 14.3 Å². The van der Waals surface area contributed by atoms with Crippen LogP contribution in [0.5, 0.6) is 5.75 Å². The summed E-state index contributed by atoms with van der Waals surface area (Å²) >= 11 is 0. The predicted octanol–water partition coefficient (Wildman–Crippen LogP) is 5.57. The minimum Gasteiger partial charge on any atom is -0.426 e. The fraction of sp³-hybridized carbons (Fsp3) is 0.696. The van der Waals surface area contributed by atoms with Gasteiger partial charge in [0.15, 0.2) is 17.5 Å². The van der Waals surface area contributed by atoms with E-state index < -0.39 is 23.4 Å². The van der Waals surface area contributed by atoms with Gasteiger partial charge in [-0.05, 0) is 63.7 Å². The number of rotatable bonds is 8. The van der Waals surface area contributed by atoms with Gasteiger partial charge in [-0.3, -0.25) is 4.79 Å². The summed E-state index contributed by atoms with van der Waals surface area (Å²) in [7, 11) is 0. The molecule has 30 heavy (non-hydrogen) atoms. The third-order valence-corrected chi connectivity index (χ3v) is 6.10. The van der Waals surface area contributed by atoms with E-state index in [4.69, 9.17) is 14.2 Å². The Labute approximate surface area is 176 Å². The first-order chi connectivity index (χ1) is 14.5. The second kappa shape index (κ2) is 11.1. The normalized spacial score (nSPS) is 27.1. The first kappa shape index (κ1) is 23.1. The molecule has 0 aliphatic heterocycles. The van der Waals surface area contributed by atoms with Gasteiger partial charge in [-0.15, -0.1) is 0 Å². The second-order valence-corrected chi connectivity index (χ2v) is 8.44. The largest absolute Gasteiger partial charge is 0.426 e. The maximum Gasteiger partial charge on any atom is 0.314 e. The van der Waals surface area contributed by atoms with Gasteiger partial charge in [0.25, 0.3) is 0 Å². The zero-order chi connectivity index (χ0) is 21.5. The molecule has 1 aromatic carbocycles. The molecule has 7 heteroatoms. The van der Waals surface area contributed by atoms with Crippen molar-refractivity contribution in [1.82, 2.24) is 0 Å². The highest BCUT2D eigenvalue weighted by Gasteiger charge is 2.30. The fourth-order valence-electron chi connectivity index (χ4n) is 4.28. The van der Waals surface area contributed by atoms with Crippen molar-refractivity contribution >= 4 is 5.97 Å². The molecule has 0 amide bonds. The van der Waals surface area contributed by atoms with Crippen LogP contribution in [0.1, 0.15) is 64.7 Å². The molecule has 0 aromatic heterocycles. The Kier molecular flexibility index (Phi) is 8.57. The lowest BCUT2D eigenvalue weighted by molar-refractivity contribution is -0.141. The van der Waals surface area contributed by atoms with Crippen LogP contribution in [0.15, 0.2) is 12.1 Å². The van der Waals surface area contributed by atoms with Crippen molar-refractivity contribution in [3.05, 3.63) is 29.6 Å². The van der Waals surface area contributed by atoms with Crippen molar-refractivity contribution in [3.8, 4) is 5.75 Å². The first-order valence-electron chi connectivity index (χ1n) is 11.1. The number of benzene rings is 1. The van der Waals surface area contributed by atoms with E-state index in [2.05, 4.69) is 6.92 Å². The molecule has 0 unspecified atom stereocenters. The molecular weight excluding hydrogens is 397 g/mol. The third-order valence-electron chi connectivity index (χ3n) is 6.10. The van der Waals surface area contributed by atoms with E-state index in [9.17, 15) is 18.0 Å². The number of esters is 1. The number of halogens is 3. The molecule has 0 radical (unpaired) electrons. The van der Waals surface area contributed by atoms with Crippen molar-refractivity contribution in [2.45, 2.75) is 76.9 Å². The predicted molar refractivity (Wildman–Crippen MR) is 106 cm³/mol. The van der Waals surface area contributed by atoms with E-state index in [0.29, 0.717) is 37.0 Å². The zero-order valence-electron chi connectivity index (χ0n) is 17.5. The Balaban J connectivity index is 1.35. The van der Waals surface area contributed by atoms with Crippen molar-refractivity contribution in [2.75, 3.05) is 13.2 Å². The summed E-state index contributed by atoms with van der Waals surface area (Å²) < 4.78 is 56.5. The molecule has 3 rings (SSSR count). The Morgan fingerprint density at radius 3 is 2.07 bits per heavy atom. The van der Waals surface area contributed by atoms with Crippen LogP contribution in [0.2, 0.25) is 0 Å². The molecule has 168 valence electrons. The van der Waals surface area contributed by atoms with E-state index >= 15 is 0 Å². The van der Waals surface area contributed by atoms with Crippen LogP contribution in [-0.4, -0.2) is 31.4 Å². The monoisotopic (exact) mass is 428 g/mol. The summed E-state index contributed by atoms with van der Waals surface area (Å²) in [6.07, 6.45) is 8.73. The fourth-order valence-corrected chi connectivity index (χ4v) is 4.28. The highest BCUT2D eigenvalue weighted by molar-refractivity contribution is 5.75. The van der Waals surface area contributed by atoms with E-state index in [0.717, 1.165) is 58.2 Å². The van der Waals surface area contributed by atoms with Gasteiger partial charge in [0, 0.05) is 25.3 Å². The number of ether oxygens (including phenoxy) is 3. The second-order valence-electron chi connectivity index (χ2n) is 8.44. The Bertz CT molecular complexity index is 673. The maximum absolute atomic E-state index is 13.3. The van der Waals surface area contributed by atoms with Crippen LogP contribution in [0.4, 0.5) is 13.2 Å². The summed E-state index contributed by atoms with van der Waals surface area (Å²) in [4.78, 5) is 12.3. The zero-order valence-corrected chi connectivity index (χ0v) is 17.5. The molecule has 1 aromatic rings. The van der Waals surface area contributed by atoms with Gasteiger partial charge in [0.2, 0.25) is 0 Å².